The summed E-state index contributed by atoms with van der Waals surface area (Å²) in [4.78, 5) is 0. The summed E-state index contributed by atoms with van der Waals surface area (Å²) in [6.45, 7) is 0. The Bertz CT molecular complexity index is 462. The van der Waals surface area contributed by atoms with E-state index in [0.717, 1.165) is 29.0 Å². The molecule has 16 heavy (non-hydrogen) atoms. The minimum Gasteiger partial charge on any atom is -0.207 e. The van der Waals surface area contributed by atoms with E-state index < -0.39 is 0 Å². The predicted octanol–water partition coefficient (Wildman–Crippen LogP) is 4.26. The van der Waals surface area contributed by atoms with Crippen molar-refractivity contribution in [1.82, 2.24) is 0 Å². The Kier molecular flexibility index (Phi) is 3.58. The maximum atomic E-state index is 12.7. The van der Waals surface area contributed by atoms with Crippen molar-refractivity contribution in [3.05, 3.63) is 70.5 Å². The van der Waals surface area contributed by atoms with Crippen LogP contribution >= 0.6 is 11.6 Å². The molecule has 0 fully saturated rings. The summed E-state index contributed by atoms with van der Waals surface area (Å²) in [5.41, 5.74) is 2.26. The van der Waals surface area contributed by atoms with E-state index in [2.05, 4.69) is 0 Å². The van der Waals surface area contributed by atoms with Gasteiger partial charge < -0.3 is 0 Å². The van der Waals surface area contributed by atoms with Crippen molar-refractivity contribution >= 4 is 11.6 Å². The third-order valence-electron chi connectivity index (χ3n) is 2.55. The molecule has 0 atom stereocenters. The summed E-state index contributed by atoms with van der Waals surface area (Å²) < 4.78 is 12.7. The lowest BCUT2D eigenvalue weighted by atomic mass is 10.0. The normalized spacial score (nSPS) is 10.4. The van der Waals surface area contributed by atoms with Crippen LogP contribution in [-0.2, 0) is 12.8 Å². The molecule has 2 rings (SSSR count). The van der Waals surface area contributed by atoms with Gasteiger partial charge in [-0.05, 0) is 42.2 Å². The molecule has 2 aromatic rings. The van der Waals surface area contributed by atoms with Gasteiger partial charge in [0.15, 0.2) is 0 Å². The Hall–Kier alpha value is -1.34. The van der Waals surface area contributed by atoms with Gasteiger partial charge in [0.25, 0.3) is 0 Å². The van der Waals surface area contributed by atoms with Crippen LogP contribution in [0.4, 0.5) is 4.39 Å². The van der Waals surface area contributed by atoms with Gasteiger partial charge >= 0.3 is 0 Å². The first kappa shape index (κ1) is 11.2. The van der Waals surface area contributed by atoms with Crippen molar-refractivity contribution < 1.29 is 4.39 Å². The Labute approximate surface area is 99.7 Å². The number of hydrogen-bond donors (Lipinski definition) is 0. The molecule has 0 amide bonds. The van der Waals surface area contributed by atoms with Crippen molar-refractivity contribution in [2.24, 2.45) is 0 Å². The molecule has 0 saturated carbocycles. The van der Waals surface area contributed by atoms with Crippen molar-refractivity contribution in [3.8, 4) is 0 Å². The Morgan fingerprint density at radius 2 is 1.56 bits per heavy atom. The van der Waals surface area contributed by atoms with Crippen LogP contribution in [0.3, 0.4) is 0 Å². The van der Waals surface area contributed by atoms with Gasteiger partial charge in [-0.2, -0.15) is 0 Å². The fourth-order valence-corrected chi connectivity index (χ4v) is 1.86. The summed E-state index contributed by atoms with van der Waals surface area (Å²) in [6, 6.07) is 14.4. The van der Waals surface area contributed by atoms with Crippen LogP contribution in [-0.4, -0.2) is 0 Å². The van der Waals surface area contributed by atoms with Gasteiger partial charge in [0, 0.05) is 5.02 Å². The van der Waals surface area contributed by atoms with Crippen molar-refractivity contribution in [2.45, 2.75) is 12.8 Å². The van der Waals surface area contributed by atoms with Crippen molar-refractivity contribution in [2.75, 3.05) is 0 Å². The molecular weight excluding hydrogens is 223 g/mol. The lowest BCUT2D eigenvalue weighted by molar-refractivity contribution is 0.627. The first-order chi connectivity index (χ1) is 7.75. The van der Waals surface area contributed by atoms with Crippen LogP contribution in [0.5, 0.6) is 0 Å². The van der Waals surface area contributed by atoms with Gasteiger partial charge in [-0.1, -0.05) is 41.9 Å². The third-order valence-corrected chi connectivity index (χ3v) is 2.92. The minimum absolute atomic E-state index is 0.193. The Morgan fingerprint density at radius 3 is 2.25 bits per heavy atom. The van der Waals surface area contributed by atoms with E-state index in [0.29, 0.717) is 0 Å². The zero-order valence-corrected chi connectivity index (χ0v) is 9.54. The fourth-order valence-electron chi connectivity index (χ4n) is 1.63. The van der Waals surface area contributed by atoms with Crippen LogP contribution in [0.15, 0.2) is 48.5 Å². The monoisotopic (exact) mass is 234 g/mol. The molecular formula is C14H12ClF. The van der Waals surface area contributed by atoms with Gasteiger partial charge in [0.05, 0.1) is 0 Å². The van der Waals surface area contributed by atoms with E-state index in [1.807, 2.05) is 36.4 Å². The summed E-state index contributed by atoms with van der Waals surface area (Å²) in [5.74, 6) is -0.193. The van der Waals surface area contributed by atoms with E-state index in [1.165, 1.54) is 12.1 Å². The summed E-state index contributed by atoms with van der Waals surface area (Å²) in [5, 5.41) is 0.796. The molecule has 0 heterocycles. The zero-order valence-electron chi connectivity index (χ0n) is 8.79. The molecule has 0 spiro atoms. The maximum absolute atomic E-state index is 12.7. The largest absolute Gasteiger partial charge is 0.207 e. The quantitative estimate of drug-likeness (QED) is 0.744. The number of halogens is 2. The molecule has 0 bridgehead atoms. The molecule has 2 heteroatoms. The second-order valence-corrected chi connectivity index (χ2v) is 4.13. The molecule has 0 aromatic heterocycles. The van der Waals surface area contributed by atoms with E-state index in [1.54, 1.807) is 0 Å². The second kappa shape index (κ2) is 5.13. The molecule has 0 aliphatic heterocycles. The van der Waals surface area contributed by atoms with Crippen molar-refractivity contribution in [1.29, 1.82) is 0 Å². The highest BCUT2D eigenvalue weighted by Crippen LogP contribution is 2.17. The number of hydrogen-bond acceptors (Lipinski definition) is 0. The molecule has 0 nitrogen and oxygen atoms in total. The molecule has 0 aliphatic carbocycles. The third kappa shape index (κ3) is 2.83. The Morgan fingerprint density at radius 1 is 0.875 bits per heavy atom. The lowest BCUT2D eigenvalue weighted by Crippen LogP contribution is -1.92. The lowest BCUT2D eigenvalue weighted by Gasteiger charge is -2.04. The summed E-state index contributed by atoms with van der Waals surface area (Å²) in [7, 11) is 0. The van der Waals surface area contributed by atoms with Crippen LogP contribution in [0.25, 0.3) is 0 Å². The smallest absolute Gasteiger partial charge is 0.123 e. The molecule has 2 aromatic carbocycles. The standard InChI is InChI=1S/C14H12ClF/c15-14-4-2-1-3-12(14)8-5-11-6-9-13(16)10-7-11/h1-4,6-7,9-10H,5,8H2. The summed E-state index contributed by atoms with van der Waals surface area (Å²) in [6.07, 6.45) is 1.76. The van der Waals surface area contributed by atoms with Crippen molar-refractivity contribution in [3.63, 3.8) is 0 Å². The van der Waals surface area contributed by atoms with Crippen LogP contribution in [0.2, 0.25) is 5.02 Å². The van der Waals surface area contributed by atoms with E-state index in [-0.39, 0.29) is 5.82 Å². The van der Waals surface area contributed by atoms with E-state index >= 15 is 0 Å². The van der Waals surface area contributed by atoms with Gasteiger partial charge in [0.1, 0.15) is 5.82 Å². The maximum Gasteiger partial charge on any atom is 0.123 e. The number of benzene rings is 2. The first-order valence-corrected chi connectivity index (χ1v) is 5.61. The van der Waals surface area contributed by atoms with Gasteiger partial charge in [-0.25, -0.2) is 4.39 Å². The fraction of sp³-hybridized carbons (Fsp3) is 0.143. The first-order valence-electron chi connectivity index (χ1n) is 5.23. The van der Waals surface area contributed by atoms with Gasteiger partial charge in [-0.15, -0.1) is 0 Å². The molecule has 0 unspecified atom stereocenters. The minimum atomic E-state index is -0.193. The average molecular weight is 235 g/mol. The second-order valence-electron chi connectivity index (χ2n) is 3.72. The summed E-state index contributed by atoms with van der Waals surface area (Å²) >= 11 is 6.06. The van der Waals surface area contributed by atoms with E-state index in [9.17, 15) is 4.39 Å². The molecule has 0 radical (unpaired) electrons. The Balaban J connectivity index is 2.02. The zero-order chi connectivity index (χ0) is 11.4. The van der Waals surface area contributed by atoms with Crippen LogP contribution in [0.1, 0.15) is 11.1 Å². The van der Waals surface area contributed by atoms with E-state index in [4.69, 9.17) is 11.6 Å². The molecule has 0 saturated heterocycles. The molecule has 0 aliphatic rings. The highest BCUT2D eigenvalue weighted by molar-refractivity contribution is 6.31. The number of aryl methyl sites for hydroxylation is 2. The number of rotatable bonds is 3. The highest BCUT2D eigenvalue weighted by Gasteiger charge is 2.00. The topological polar surface area (TPSA) is 0 Å². The van der Waals surface area contributed by atoms with Gasteiger partial charge in [0.2, 0.25) is 0 Å². The molecule has 82 valence electrons. The van der Waals surface area contributed by atoms with Crippen LogP contribution < -0.4 is 0 Å². The average Bonchev–Trinajstić information content (AvgIpc) is 2.30. The SMILES string of the molecule is Fc1ccc(CCc2ccccc2Cl)cc1. The van der Waals surface area contributed by atoms with Crippen LogP contribution in [0, 0.1) is 5.82 Å². The highest BCUT2D eigenvalue weighted by atomic mass is 35.5. The predicted molar refractivity (Wildman–Crippen MR) is 65.3 cm³/mol. The van der Waals surface area contributed by atoms with Gasteiger partial charge in [-0.3, -0.25) is 0 Å². The molecule has 0 N–H and O–H groups in total.